The number of benzene rings is 9. The Hall–Kier alpha value is -8.41. The smallest absolute Gasteiger partial charge is 0.164 e. The molecule has 13 rings (SSSR count). The minimum Gasteiger partial charge on any atom is -0.456 e. The number of nitrogens with zero attached hydrogens (tertiary/aromatic N) is 4. The molecule has 3 heterocycles. The minimum atomic E-state index is -0.902. The average molecular weight is 805 g/mol. The van der Waals surface area contributed by atoms with E-state index in [1.165, 1.54) is 10.8 Å². The van der Waals surface area contributed by atoms with Crippen molar-refractivity contribution in [2.24, 2.45) is 0 Å². The van der Waals surface area contributed by atoms with Crippen LogP contribution in [0.25, 0.3) is 94.5 Å². The second kappa shape index (κ2) is 13.8. The monoisotopic (exact) mass is 804 g/mol. The van der Waals surface area contributed by atoms with Crippen LogP contribution >= 0.6 is 0 Å². The van der Waals surface area contributed by atoms with E-state index in [4.69, 9.17) is 19.4 Å². The van der Waals surface area contributed by atoms with E-state index >= 15 is 0 Å². The third kappa shape index (κ3) is 5.27. The summed E-state index contributed by atoms with van der Waals surface area (Å²) >= 11 is 0. The third-order valence-electron chi connectivity index (χ3n) is 12.9. The predicted octanol–water partition coefficient (Wildman–Crippen LogP) is 14.2. The lowest BCUT2D eigenvalue weighted by molar-refractivity contribution is 0.669. The summed E-state index contributed by atoms with van der Waals surface area (Å²) in [5.74, 6) is 1.81. The molecule has 5 heteroatoms. The first-order chi connectivity index (χ1) is 31.2. The van der Waals surface area contributed by atoms with Crippen molar-refractivity contribution in [3.8, 4) is 50.7 Å². The Morgan fingerprint density at radius 1 is 0.381 bits per heavy atom. The molecular formula is C58H36N4O. The molecule has 294 valence electrons. The summed E-state index contributed by atoms with van der Waals surface area (Å²) in [6.07, 6.45) is 0. The Labute approximate surface area is 363 Å². The molecule has 3 aromatic heterocycles. The first-order valence-electron chi connectivity index (χ1n) is 21.4. The number of para-hydroxylation sites is 3. The van der Waals surface area contributed by atoms with Gasteiger partial charge in [0.15, 0.2) is 17.5 Å². The Morgan fingerprint density at radius 3 is 1.70 bits per heavy atom. The maximum absolute atomic E-state index is 6.45. The van der Waals surface area contributed by atoms with Crippen molar-refractivity contribution >= 4 is 43.7 Å². The van der Waals surface area contributed by atoms with Crippen LogP contribution < -0.4 is 0 Å². The van der Waals surface area contributed by atoms with Crippen LogP contribution in [0, 0.1) is 0 Å². The minimum absolute atomic E-state index is 0.579. The van der Waals surface area contributed by atoms with Crippen molar-refractivity contribution in [1.29, 1.82) is 0 Å². The van der Waals surface area contributed by atoms with Gasteiger partial charge >= 0.3 is 0 Å². The molecule has 12 aromatic rings. The number of fused-ring (bicyclic) bond motifs is 9. The fourth-order valence-electron chi connectivity index (χ4n) is 10.2. The molecule has 5 nitrogen and oxygen atoms in total. The van der Waals surface area contributed by atoms with Gasteiger partial charge in [0.05, 0.1) is 11.0 Å². The SMILES string of the molecule is c1ccc(-c2cccc(C3(c4nc(-c5cccc(-n6c7ccccc7c7ccccc76)c5)nc(-c5cccc6oc7ccccc7c56)n4)c4ccccc4-c4ccccc43)c2)cc1. The van der Waals surface area contributed by atoms with Crippen LogP contribution in [0.5, 0.6) is 0 Å². The molecule has 1 aliphatic carbocycles. The lowest BCUT2D eigenvalue weighted by Crippen LogP contribution is -2.32. The van der Waals surface area contributed by atoms with Gasteiger partial charge in [-0.3, -0.25) is 0 Å². The fraction of sp³-hybridized carbons (Fsp3) is 0.0172. The van der Waals surface area contributed by atoms with E-state index in [0.29, 0.717) is 17.5 Å². The van der Waals surface area contributed by atoms with Crippen molar-refractivity contribution in [3.05, 3.63) is 241 Å². The summed E-state index contributed by atoms with van der Waals surface area (Å²) in [7, 11) is 0. The lowest BCUT2D eigenvalue weighted by atomic mass is 9.71. The van der Waals surface area contributed by atoms with Crippen LogP contribution in [-0.2, 0) is 5.41 Å². The number of hydrogen-bond donors (Lipinski definition) is 0. The molecule has 0 atom stereocenters. The summed E-state index contributed by atoms with van der Waals surface area (Å²) < 4.78 is 8.79. The van der Waals surface area contributed by atoms with E-state index in [9.17, 15) is 0 Å². The Balaban J connectivity index is 1.13. The van der Waals surface area contributed by atoms with Crippen LogP contribution in [0.2, 0.25) is 0 Å². The van der Waals surface area contributed by atoms with Crippen molar-refractivity contribution in [2.45, 2.75) is 5.41 Å². The van der Waals surface area contributed by atoms with E-state index in [1.54, 1.807) is 0 Å². The Morgan fingerprint density at radius 2 is 0.937 bits per heavy atom. The standard InChI is InChI=1S/C58H36N4O/c1-2-17-37(18-3-1)38-19-14-21-40(35-38)58(48-29-9-4-23-42(48)43-24-5-10-30-49(43)58)57-60-55(59-56(61-57)47-28-16-34-53-54(47)46-27-8-13-33-52(46)63-53)39-20-15-22-41(36-39)62-50-31-11-6-25-44(50)45-26-7-12-32-51(45)62/h1-36H. The summed E-state index contributed by atoms with van der Waals surface area (Å²) in [5.41, 5.74) is 13.7. The first kappa shape index (κ1) is 35.4. The van der Waals surface area contributed by atoms with Gasteiger partial charge in [0.25, 0.3) is 0 Å². The Bertz CT molecular complexity index is 3670. The largest absolute Gasteiger partial charge is 0.456 e. The van der Waals surface area contributed by atoms with Gasteiger partial charge < -0.3 is 8.98 Å². The van der Waals surface area contributed by atoms with Gasteiger partial charge in [-0.25, -0.2) is 15.0 Å². The van der Waals surface area contributed by atoms with Crippen molar-refractivity contribution in [3.63, 3.8) is 0 Å². The van der Waals surface area contributed by atoms with Gasteiger partial charge in [-0.2, -0.15) is 0 Å². The molecule has 1 aliphatic rings. The molecule has 0 spiro atoms. The van der Waals surface area contributed by atoms with Gasteiger partial charge in [-0.05, 0) is 81.4 Å². The molecule has 0 unspecified atom stereocenters. The van der Waals surface area contributed by atoms with Gasteiger partial charge in [0, 0.05) is 38.4 Å². The van der Waals surface area contributed by atoms with Gasteiger partial charge in [-0.15, -0.1) is 0 Å². The molecular weight excluding hydrogens is 769 g/mol. The topological polar surface area (TPSA) is 56.7 Å². The van der Waals surface area contributed by atoms with E-state index in [0.717, 1.165) is 88.7 Å². The normalized spacial score (nSPS) is 12.9. The zero-order valence-corrected chi connectivity index (χ0v) is 34.0. The highest BCUT2D eigenvalue weighted by Crippen LogP contribution is 2.56. The quantitative estimate of drug-likeness (QED) is 0.168. The van der Waals surface area contributed by atoms with Crippen LogP contribution in [-0.4, -0.2) is 19.5 Å². The van der Waals surface area contributed by atoms with E-state index in [-0.39, 0.29) is 0 Å². The zero-order valence-electron chi connectivity index (χ0n) is 34.0. The van der Waals surface area contributed by atoms with Gasteiger partial charge in [0.2, 0.25) is 0 Å². The van der Waals surface area contributed by atoms with Crippen LogP contribution in [0.3, 0.4) is 0 Å². The molecule has 0 amide bonds. The van der Waals surface area contributed by atoms with Crippen molar-refractivity contribution in [2.75, 3.05) is 0 Å². The molecule has 0 bridgehead atoms. The molecule has 0 N–H and O–H groups in total. The second-order valence-corrected chi connectivity index (χ2v) is 16.3. The molecule has 0 radical (unpaired) electrons. The van der Waals surface area contributed by atoms with Crippen LogP contribution in [0.4, 0.5) is 0 Å². The van der Waals surface area contributed by atoms with Crippen molar-refractivity contribution < 1.29 is 4.42 Å². The predicted molar refractivity (Wildman–Crippen MR) is 255 cm³/mol. The van der Waals surface area contributed by atoms with Crippen molar-refractivity contribution in [1.82, 2.24) is 19.5 Å². The molecule has 0 fully saturated rings. The summed E-state index contributed by atoms with van der Waals surface area (Å²) in [6.45, 7) is 0. The molecule has 63 heavy (non-hydrogen) atoms. The number of aromatic nitrogens is 4. The van der Waals surface area contributed by atoms with Crippen LogP contribution in [0.1, 0.15) is 22.5 Å². The van der Waals surface area contributed by atoms with E-state index in [1.807, 2.05) is 24.3 Å². The van der Waals surface area contributed by atoms with Crippen LogP contribution in [0.15, 0.2) is 223 Å². The fourth-order valence-corrected chi connectivity index (χ4v) is 10.2. The molecule has 9 aromatic carbocycles. The highest BCUT2D eigenvalue weighted by atomic mass is 16.3. The van der Waals surface area contributed by atoms with Gasteiger partial charge in [0.1, 0.15) is 16.6 Å². The van der Waals surface area contributed by atoms with Gasteiger partial charge in [-0.1, -0.05) is 176 Å². The number of hydrogen-bond acceptors (Lipinski definition) is 4. The third-order valence-corrected chi connectivity index (χ3v) is 12.9. The maximum atomic E-state index is 6.45. The average Bonchev–Trinajstić information content (AvgIpc) is 4.01. The van der Waals surface area contributed by atoms with E-state index in [2.05, 4.69) is 199 Å². The Kier molecular flexibility index (Phi) is 7.75. The summed E-state index contributed by atoms with van der Waals surface area (Å²) in [6, 6.07) is 77.2. The maximum Gasteiger partial charge on any atom is 0.164 e. The highest BCUT2D eigenvalue weighted by molar-refractivity contribution is 6.12. The molecule has 0 saturated heterocycles. The number of furan rings is 1. The van der Waals surface area contributed by atoms with E-state index < -0.39 is 5.41 Å². The highest BCUT2D eigenvalue weighted by Gasteiger charge is 2.49. The number of rotatable bonds is 6. The summed E-state index contributed by atoms with van der Waals surface area (Å²) in [5, 5.41) is 4.41. The second-order valence-electron chi connectivity index (χ2n) is 16.3. The zero-order chi connectivity index (χ0) is 41.5. The first-order valence-corrected chi connectivity index (χ1v) is 21.4. The molecule has 0 aliphatic heterocycles. The summed E-state index contributed by atoms with van der Waals surface area (Å²) in [4.78, 5) is 16.8. The molecule has 0 saturated carbocycles. The lowest BCUT2D eigenvalue weighted by Gasteiger charge is -2.32.